The lowest BCUT2D eigenvalue weighted by atomic mass is 9.74. The number of nitrogens with zero attached hydrogens (tertiary/aromatic N) is 3. The van der Waals surface area contributed by atoms with E-state index in [1.807, 2.05) is 20.8 Å². The largest absolute Gasteiger partial charge is 0.385 e. The number of amides is 2. The summed E-state index contributed by atoms with van der Waals surface area (Å²) in [6, 6.07) is 3.35. The molecule has 0 spiro atoms. The molecule has 2 amide bonds. The summed E-state index contributed by atoms with van der Waals surface area (Å²) in [5.74, 6) is -3.85. The molecular weight excluding hydrogens is 534 g/mol. The average molecular weight is 564 g/mol. The van der Waals surface area contributed by atoms with Crippen LogP contribution in [0.2, 0.25) is 0 Å². The van der Waals surface area contributed by atoms with Crippen LogP contribution in [0.3, 0.4) is 0 Å². The molecule has 0 aliphatic carbocycles. The van der Waals surface area contributed by atoms with Crippen molar-refractivity contribution in [3.8, 4) is 0 Å². The zero-order chi connectivity index (χ0) is 28.8. The molecule has 0 radical (unpaired) electrons. The van der Waals surface area contributed by atoms with Crippen LogP contribution in [-0.2, 0) is 29.3 Å². The zero-order valence-electron chi connectivity index (χ0n) is 21.5. The Bertz CT molecular complexity index is 1370. The highest BCUT2D eigenvalue weighted by atomic mass is 32.2. The lowest BCUT2D eigenvalue weighted by molar-refractivity contribution is -0.384. The minimum atomic E-state index is -4.27. The third kappa shape index (κ3) is 5.42. The first-order chi connectivity index (χ1) is 18.2. The Labute approximate surface area is 224 Å². The molecule has 3 N–H and O–H groups in total. The normalized spacial score (nSPS) is 24.9. The third-order valence-corrected chi connectivity index (χ3v) is 7.97. The second-order valence-corrected chi connectivity index (χ2v) is 11.5. The van der Waals surface area contributed by atoms with Crippen LogP contribution in [0.1, 0.15) is 44.0 Å². The van der Waals surface area contributed by atoms with E-state index in [1.54, 1.807) is 9.62 Å². The average Bonchev–Trinajstić information content (AvgIpc) is 3.39. The van der Waals surface area contributed by atoms with Crippen molar-refractivity contribution in [3.05, 3.63) is 51.2 Å². The predicted octanol–water partition coefficient (Wildman–Crippen LogP) is 0.449. The number of nitrogens with two attached hydrogens (primary N) is 1. The summed E-state index contributed by atoms with van der Waals surface area (Å²) in [6.45, 7) is 6.13. The Morgan fingerprint density at radius 2 is 1.85 bits per heavy atom. The standard InChI is InChI=1S/C24H29N5O9S/c1-12(2)18-19-13(3)16(11-27-10-4-5-17(27)21(30)26-39(25,36)37)20(28(19)22(18)31)24(33)38-23(32)14-6-8-15(9-7-14)29(34)35/h6-9,12-13,17-19H,4-5,10-11H2,1-3H3,(H,26,30)(H2,25,36,37)/t13-,17-,18+,19+/m0/s1. The molecule has 0 aromatic heterocycles. The Morgan fingerprint density at radius 1 is 1.21 bits per heavy atom. The van der Waals surface area contributed by atoms with Gasteiger partial charge in [0.15, 0.2) is 0 Å². The van der Waals surface area contributed by atoms with Crippen molar-refractivity contribution >= 4 is 39.6 Å². The summed E-state index contributed by atoms with van der Waals surface area (Å²) in [4.78, 5) is 65.0. The SMILES string of the molecule is CC(C)[C@H]1C(=O)N2C(C(=O)OC(=O)c3ccc([N+](=O)[O-])cc3)=C(CN3CCC[C@H]3C(=O)NS(N)(=O)=O)[C@H](C)[C@H]12. The number of carbonyl (C=O) groups excluding carboxylic acids is 4. The molecule has 1 aromatic carbocycles. The zero-order valence-corrected chi connectivity index (χ0v) is 22.3. The fourth-order valence-corrected chi connectivity index (χ4v) is 6.10. The van der Waals surface area contributed by atoms with Crippen molar-refractivity contribution in [3.63, 3.8) is 0 Å². The number of β-lactam (4-membered cyclic amide) rings is 1. The van der Waals surface area contributed by atoms with E-state index in [9.17, 15) is 37.7 Å². The van der Waals surface area contributed by atoms with E-state index in [4.69, 9.17) is 9.88 Å². The van der Waals surface area contributed by atoms with Gasteiger partial charge in [0.2, 0.25) is 5.91 Å². The first kappa shape index (κ1) is 28.3. The van der Waals surface area contributed by atoms with E-state index in [-0.39, 0.29) is 53.2 Å². The molecule has 0 bridgehead atoms. The second kappa shape index (κ2) is 10.5. The number of fused-ring (bicyclic) bond motifs is 1. The Morgan fingerprint density at radius 3 is 2.41 bits per heavy atom. The van der Waals surface area contributed by atoms with Crippen molar-refractivity contribution in [2.24, 2.45) is 22.9 Å². The van der Waals surface area contributed by atoms with E-state index in [0.717, 1.165) is 24.3 Å². The van der Waals surface area contributed by atoms with Crippen LogP contribution < -0.4 is 9.86 Å². The lowest BCUT2D eigenvalue weighted by Gasteiger charge is -2.47. The van der Waals surface area contributed by atoms with Gasteiger partial charge in [-0.25, -0.2) is 19.5 Å². The molecule has 1 aromatic rings. The molecule has 3 aliphatic rings. The third-order valence-electron chi connectivity index (χ3n) is 7.49. The smallest absolute Gasteiger partial charge is 0.362 e. The number of ether oxygens (including phenoxy) is 1. The molecule has 4 atom stereocenters. The number of esters is 2. The first-order valence-electron chi connectivity index (χ1n) is 12.4. The van der Waals surface area contributed by atoms with E-state index in [1.165, 1.54) is 4.90 Å². The van der Waals surface area contributed by atoms with Crippen molar-refractivity contribution < 1.29 is 37.3 Å². The van der Waals surface area contributed by atoms with Crippen LogP contribution in [0.4, 0.5) is 5.69 Å². The minimum absolute atomic E-state index is 0.0142. The van der Waals surface area contributed by atoms with Gasteiger partial charge in [-0.1, -0.05) is 20.8 Å². The number of nitrogens with one attached hydrogen (secondary N) is 1. The van der Waals surface area contributed by atoms with Crippen LogP contribution in [0, 0.1) is 27.9 Å². The summed E-state index contributed by atoms with van der Waals surface area (Å²) in [5.41, 5.74) is 0.0799. The summed E-state index contributed by atoms with van der Waals surface area (Å²) < 4.78 is 29.7. The Kier molecular flexibility index (Phi) is 7.60. The first-order valence-corrected chi connectivity index (χ1v) is 13.9. The monoisotopic (exact) mass is 563 g/mol. The highest BCUT2D eigenvalue weighted by molar-refractivity contribution is 7.87. The molecular formula is C24H29N5O9S. The number of non-ortho nitro benzene ring substituents is 1. The van der Waals surface area contributed by atoms with Gasteiger partial charge in [-0.15, -0.1) is 0 Å². The highest BCUT2D eigenvalue weighted by Gasteiger charge is 2.59. The van der Waals surface area contributed by atoms with Gasteiger partial charge in [-0.2, -0.15) is 8.42 Å². The maximum Gasteiger partial charge on any atom is 0.362 e. The van der Waals surface area contributed by atoms with Gasteiger partial charge >= 0.3 is 11.9 Å². The quantitative estimate of drug-likeness (QED) is 0.147. The molecule has 3 heterocycles. The lowest BCUT2D eigenvalue weighted by Crippen LogP contribution is -2.62. The van der Waals surface area contributed by atoms with E-state index < -0.39 is 39.0 Å². The number of benzene rings is 1. The number of hydrogen-bond donors (Lipinski definition) is 2. The van der Waals surface area contributed by atoms with Crippen molar-refractivity contribution in [2.45, 2.75) is 45.7 Å². The molecule has 210 valence electrons. The molecule has 0 unspecified atom stereocenters. The van der Waals surface area contributed by atoms with Crippen LogP contribution in [0.15, 0.2) is 35.5 Å². The maximum absolute atomic E-state index is 13.4. The summed E-state index contributed by atoms with van der Waals surface area (Å²) in [6.07, 6.45) is 0.950. The summed E-state index contributed by atoms with van der Waals surface area (Å²) >= 11 is 0. The van der Waals surface area contributed by atoms with Gasteiger partial charge in [-0.3, -0.25) is 24.6 Å². The number of nitro groups is 1. The molecule has 2 fully saturated rings. The van der Waals surface area contributed by atoms with Crippen molar-refractivity contribution in [1.82, 2.24) is 14.5 Å². The number of likely N-dealkylation sites (tertiary alicyclic amines) is 1. The van der Waals surface area contributed by atoms with Gasteiger partial charge in [0.1, 0.15) is 5.70 Å². The van der Waals surface area contributed by atoms with Crippen molar-refractivity contribution in [2.75, 3.05) is 13.1 Å². The number of rotatable bonds is 8. The fourth-order valence-electron chi connectivity index (χ4n) is 5.68. The van der Waals surface area contributed by atoms with E-state index in [2.05, 4.69) is 0 Å². The number of hydrogen-bond acceptors (Lipinski definition) is 10. The minimum Gasteiger partial charge on any atom is -0.385 e. The summed E-state index contributed by atoms with van der Waals surface area (Å²) in [7, 11) is -4.27. The van der Waals surface area contributed by atoms with Crippen molar-refractivity contribution in [1.29, 1.82) is 0 Å². The summed E-state index contributed by atoms with van der Waals surface area (Å²) in [5, 5.41) is 15.8. The van der Waals surface area contributed by atoms with Gasteiger partial charge in [0, 0.05) is 24.6 Å². The topological polar surface area (TPSA) is 199 Å². The van der Waals surface area contributed by atoms with Gasteiger partial charge in [0.25, 0.3) is 21.8 Å². The Balaban J connectivity index is 1.62. The van der Waals surface area contributed by atoms with Gasteiger partial charge < -0.3 is 9.64 Å². The highest BCUT2D eigenvalue weighted by Crippen LogP contribution is 2.49. The maximum atomic E-state index is 13.4. The van der Waals surface area contributed by atoms with Gasteiger partial charge in [-0.05, 0) is 43.0 Å². The molecule has 0 saturated carbocycles. The fraction of sp³-hybridized carbons (Fsp3) is 0.500. The van der Waals surface area contributed by atoms with E-state index >= 15 is 0 Å². The van der Waals surface area contributed by atoms with E-state index in [0.29, 0.717) is 25.0 Å². The molecule has 2 saturated heterocycles. The number of carbonyl (C=O) groups is 4. The van der Waals surface area contributed by atoms with Gasteiger partial charge in [0.05, 0.1) is 28.5 Å². The molecule has 4 rings (SSSR count). The molecule has 3 aliphatic heterocycles. The van der Waals surface area contributed by atoms with Crippen LogP contribution in [-0.4, -0.2) is 72.1 Å². The van der Waals surface area contributed by atoms with Crippen LogP contribution in [0.5, 0.6) is 0 Å². The molecule has 39 heavy (non-hydrogen) atoms. The predicted molar refractivity (Wildman–Crippen MR) is 135 cm³/mol. The molecule has 15 heteroatoms. The van der Waals surface area contributed by atoms with Crippen LogP contribution >= 0.6 is 0 Å². The second-order valence-electron chi connectivity index (χ2n) is 10.3. The Hall–Kier alpha value is -3.69. The van der Waals surface area contributed by atoms with Crippen LogP contribution in [0.25, 0.3) is 0 Å². The molecule has 14 nitrogen and oxygen atoms in total. The number of nitro benzene ring substituents is 1.